The number of carbonyl (C=O) groups excluding carboxylic acids is 2. The van der Waals surface area contributed by atoms with E-state index in [2.05, 4.69) is 45.0 Å². The monoisotopic (exact) mass is 368 g/mol. The summed E-state index contributed by atoms with van der Waals surface area (Å²) in [6.07, 6.45) is 7.38. The van der Waals surface area contributed by atoms with Crippen LogP contribution in [0.25, 0.3) is 6.08 Å². The van der Waals surface area contributed by atoms with Crippen LogP contribution in [0.4, 0.5) is 0 Å². The Labute approximate surface area is 163 Å². The van der Waals surface area contributed by atoms with Gasteiger partial charge < -0.3 is 9.80 Å². The summed E-state index contributed by atoms with van der Waals surface area (Å²) in [6, 6.07) is 8.37. The minimum absolute atomic E-state index is 0.0435. The molecule has 2 fully saturated rings. The van der Waals surface area contributed by atoms with Crippen LogP contribution >= 0.6 is 0 Å². The second-order valence-electron chi connectivity index (χ2n) is 8.84. The van der Waals surface area contributed by atoms with Crippen LogP contribution in [-0.4, -0.2) is 47.8 Å². The molecule has 0 unspecified atom stereocenters. The van der Waals surface area contributed by atoms with Crippen molar-refractivity contribution in [3.8, 4) is 0 Å². The molecule has 4 nitrogen and oxygen atoms in total. The number of likely N-dealkylation sites (tertiary alicyclic amines) is 2. The van der Waals surface area contributed by atoms with E-state index < -0.39 is 0 Å². The van der Waals surface area contributed by atoms with Crippen LogP contribution in [0.5, 0.6) is 0 Å². The molecule has 0 radical (unpaired) electrons. The lowest BCUT2D eigenvalue weighted by atomic mass is 9.87. The largest absolute Gasteiger partial charge is 0.342 e. The van der Waals surface area contributed by atoms with E-state index in [0.29, 0.717) is 19.0 Å². The van der Waals surface area contributed by atoms with Gasteiger partial charge >= 0.3 is 0 Å². The van der Waals surface area contributed by atoms with E-state index in [1.54, 1.807) is 6.08 Å². The lowest BCUT2D eigenvalue weighted by Crippen LogP contribution is -2.43. The number of piperidine rings is 1. The molecular formula is C23H32N2O2. The molecule has 2 amide bonds. The second-order valence-corrected chi connectivity index (χ2v) is 8.84. The van der Waals surface area contributed by atoms with Crippen molar-refractivity contribution in [3.63, 3.8) is 0 Å². The van der Waals surface area contributed by atoms with Gasteiger partial charge in [0, 0.05) is 38.2 Å². The lowest BCUT2D eigenvalue weighted by molar-refractivity contribution is -0.138. The summed E-state index contributed by atoms with van der Waals surface area (Å²) in [4.78, 5) is 28.8. The molecular weight excluding hydrogens is 336 g/mol. The fraction of sp³-hybridized carbons (Fsp3) is 0.565. The number of hydrogen-bond acceptors (Lipinski definition) is 2. The first-order valence-corrected chi connectivity index (χ1v) is 10.2. The van der Waals surface area contributed by atoms with Gasteiger partial charge in [-0.2, -0.15) is 0 Å². The third-order valence-corrected chi connectivity index (χ3v) is 5.77. The Hall–Kier alpha value is -2.10. The Morgan fingerprint density at radius 1 is 0.926 bits per heavy atom. The number of carbonyl (C=O) groups is 2. The summed E-state index contributed by atoms with van der Waals surface area (Å²) >= 11 is 0. The molecule has 0 bridgehead atoms. The second kappa shape index (κ2) is 8.28. The fourth-order valence-corrected chi connectivity index (χ4v) is 3.91. The highest BCUT2D eigenvalue weighted by Gasteiger charge is 2.30. The molecule has 2 aliphatic heterocycles. The molecule has 1 aromatic carbocycles. The van der Waals surface area contributed by atoms with Gasteiger partial charge in [-0.25, -0.2) is 0 Å². The van der Waals surface area contributed by atoms with Gasteiger partial charge in [0.05, 0.1) is 0 Å². The van der Waals surface area contributed by atoms with Crippen LogP contribution in [0, 0.1) is 5.92 Å². The summed E-state index contributed by atoms with van der Waals surface area (Å²) in [5.41, 5.74) is 2.46. The van der Waals surface area contributed by atoms with E-state index in [1.807, 2.05) is 15.9 Å². The topological polar surface area (TPSA) is 40.6 Å². The van der Waals surface area contributed by atoms with Gasteiger partial charge in [0.25, 0.3) is 0 Å². The predicted octanol–water partition coefficient (Wildman–Crippen LogP) is 3.86. The van der Waals surface area contributed by atoms with Crippen LogP contribution < -0.4 is 0 Å². The quantitative estimate of drug-likeness (QED) is 0.760. The molecule has 0 aliphatic carbocycles. The standard InChI is InChI=1S/C23H32N2O2/c1-23(2,3)20-9-6-18(7-10-20)8-11-21(26)24-16-12-19(13-17-24)22(27)25-14-4-5-15-25/h6-11,19H,4-5,12-17H2,1-3H3/b11-8+. The van der Waals surface area contributed by atoms with Crippen LogP contribution in [0.3, 0.4) is 0 Å². The Balaban J connectivity index is 1.50. The number of nitrogens with zero attached hydrogens (tertiary/aromatic N) is 2. The third kappa shape index (κ3) is 5.00. The van der Waals surface area contributed by atoms with Crippen molar-refractivity contribution in [3.05, 3.63) is 41.5 Å². The molecule has 0 spiro atoms. The third-order valence-electron chi connectivity index (χ3n) is 5.77. The van der Waals surface area contributed by atoms with Gasteiger partial charge in [0.1, 0.15) is 0 Å². The van der Waals surface area contributed by atoms with Crippen LogP contribution in [0.2, 0.25) is 0 Å². The van der Waals surface area contributed by atoms with Crippen LogP contribution in [0.1, 0.15) is 57.6 Å². The van der Waals surface area contributed by atoms with Gasteiger partial charge in [-0.3, -0.25) is 9.59 Å². The van der Waals surface area contributed by atoms with Crippen LogP contribution in [0.15, 0.2) is 30.3 Å². The van der Waals surface area contributed by atoms with Gasteiger partial charge in [-0.15, -0.1) is 0 Å². The predicted molar refractivity (Wildman–Crippen MR) is 109 cm³/mol. The summed E-state index contributed by atoms with van der Waals surface area (Å²) in [5, 5.41) is 0. The number of benzene rings is 1. The Kier molecular flexibility index (Phi) is 6.03. The molecule has 3 rings (SSSR count). The van der Waals surface area contributed by atoms with Gasteiger partial charge in [-0.1, -0.05) is 45.0 Å². The van der Waals surface area contributed by atoms with E-state index >= 15 is 0 Å². The molecule has 0 aromatic heterocycles. The molecule has 0 atom stereocenters. The maximum atomic E-state index is 12.5. The zero-order valence-electron chi connectivity index (χ0n) is 16.9. The maximum Gasteiger partial charge on any atom is 0.246 e. The molecule has 2 heterocycles. The Bertz CT molecular complexity index is 686. The highest BCUT2D eigenvalue weighted by atomic mass is 16.2. The first-order chi connectivity index (χ1) is 12.8. The molecule has 146 valence electrons. The van der Waals surface area contributed by atoms with E-state index in [1.165, 1.54) is 5.56 Å². The minimum Gasteiger partial charge on any atom is -0.342 e. The van der Waals surface area contributed by atoms with E-state index in [9.17, 15) is 9.59 Å². The Morgan fingerprint density at radius 3 is 2.07 bits per heavy atom. The number of rotatable bonds is 3. The number of amides is 2. The first-order valence-electron chi connectivity index (χ1n) is 10.2. The lowest BCUT2D eigenvalue weighted by Gasteiger charge is -2.32. The van der Waals surface area contributed by atoms with Crippen molar-refractivity contribution < 1.29 is 9.59 Å². The zero-order valence-corrected chi connectivity index (χ0v) is 16.9. The molecule has 2 saturated heterocycles. The highest BCUT2D eigenvalue weighted by molar-refractivity contribution is 5.92. The van der Waals surface area contributed by atoms with Crippen molar-refractivity contribution in [2.24, 2.45) is 5.92 Å². The fourth-order valence-electron chi connectivity index (χ4n) is 3.91. The summed E-state index contributed by atoms with van der Waals surface area (Å²) in [7, 11) is 0. The molecule has 4 heteroatoms. The average molecular weight is 369 g/mol. The van der Waals surface area contributed by atoms with Gasteiger partial charge in [0.15, 0.2) is 0 Å². The molecule has 2 aliphatic rings. The van der Waals surface area contributed by atoms with E-state index in [-0.39, 0.29) is 17.2 Å². The average Bonchev–Trinajstić information content (AvgIpc) is 3.20. The summed E-state index contributed by atoms with van der Waals surface area (Å²) < 4.78 is 0. The molecule has 27 heavy (non-hydrogen) atoms. The zero-order chi connectivity index (χ0) is 19.4. The van der Waals surface area contributed by atoms with Crippen molar-refractivity contribution in [2.45, 2.75) is 51.9 Å². The SMILES string of the molecule is CC(C)(C)c1ccc(/C=C/C(=O)N2CCC(C(=O)N3CCCC3)CC2)cc1. The smallest absolute Gasteiger partial charge is 0.246 e. The van der Waals surface area contributed by atoms with Gasteiger partial charge in [-0.05, 0) is 48.3 Å². The van der Waals surface area contributed by atoms with E-state index in [0.717, 1.165) is 44.3 Å². The summed E-state index contributed by atoms with van der Waals surface area (Å²) in [5.74, 6) is 0.442. The van der Waals surface area contributed by atoms with Crippen molar-refractivity contribution >= 4 is 17.9 Å². The first kappa shape index (κ1) is 19.7. The van der Waals surface area contributed by atoms with E-state index in [4.69, 9.17) is 0 Å². The van der Waals surface area contributed by atoms with Crippen molar-refractivity contribution in [1.82, 2.24) is 9.80 Å². The molecule has 0 N–H and O–H groups in total. The van der Waals surface area contributed by atoms with Crippen molar-refractivity contribution in [2.75, 3.05) is 26.2 Å². The minimum atomic E-state index is 0.0435. The normalized spacial score (nSPS) is 19.1. The summed E-state index contributed by atoms with van der Waals surface area (Å²) in [6.45, 7) is 9.76. The highest BCUT2D eigenvalue weighted by Crippen LogP contribution is 2.24. The number of hydrogen-bond donors (Lipinski definition) is 0. The van der Waals surface area contributed by atoms with Crippen molar-refractivity contribution in [1.29, 1.82) is 0 Å². The van der Waals surface area contributed by atoms with Gasteiger partial charge in [0.2, 0.25) is 11.8 Å². The van der Waals surface area contributed by atoms with Crippen LogP contribution in [-0.2, 0) is 15.0 Å². The Morgan fingerprint density at radius 2 is 1.52 bits per heavy atom. The molecule has 1 aromatic rings. The molecule has 0 saturated carbocycles. The maximum absolute atomic E-state index is 12.5.